The third kappa shape index (κ3) is 3.26. The number of nitrogens with two attached hydrogens (primary N) is 1. The molecule has 0 saturated heterocycles. The van der Waals surface area contributed by atoms with Gasteiger partial charge in [-0.25, -0.2) is 4.39 Å². The van der Waals surface area contributed by atoms with E-state index in [0.717, 1.165) is 23.3 Å². The first-order valence-electron chi connectivity index (χ1n) is 7.74. The van der Waals surface area contributed by atoms with Gasteiger partial charge < -0.3 is 10.3 Å². The smallest absolute Gasteiger partial charge is 0.175 e. The number of hydrogen-bond donors (Lipinski definition) is 1. The zero-order valence-electron chi connectivity index (χ0n) is 12.1. The Hall–Kier alpha value is -1.84. The van der Waals surface area contributed by atoms with E-state index >= 15 is 0 Å². The molecule has 0 bridgehead atoms. The van der Waals surface area contributed by atoms with Crippen LogP contribution in [0.25, 0.3) is 11.1 Å². The van der Waals surface area contributed by atoms with Gasteiger partial charge in [-0.2, -0.15) is 0 Å². The first-order valence-corrected chi connectivity index (χ1v) is 7.74. The van der Waals surface area contributed by atoms with E-state index in [-0.39, 0.29) is 5.82 Å². The molecule has 0 radical (unpaired) electrons. The van der Waals surface area contributed by atoms with E-state index in [1.807, 2.05) is 6.07 Å². The summed E-state index contributed by atoms with van der Waals surface area (Å²) in [5.41, 5.74) is 7.44. The molecule has 4 heteroatoms. The van der Waals surface area contributed by atoms with Crippen LogP contribution in [0.4, 0.5) is 10.2 Å². The Bertz CT molecular complexity index is 601. The molecule has 2 aromatic rings. The van der Waals surface area contributed by atoms with Crippen molar-refractivity contribution in [2.24, 2.45) is 5.92 Å². The SMILES string of the molecule is Nc1noc(CC2CCCCCC2)c1-c1cccc(F)c1. The van der Waals surface area contributed by atoms with Gasteiger partial charge in [0.1, 0.15) is 11.6 Å². The second-order valence-electron chi connectivity index (χ2n) is 5.94. The van der Waals surface area contributed by atoms with Crippen LogP contribution >= 0.6 is 0 Å². The Kier molecular flexibility index (Phi) is 4.23. The van der Waals surface area contributed by atoms with Crippen molar-refractivity contribution in [1.29, 1.82) is 0 Å². The Morgan fingerprint density at radius 1 is 1.19 bits per heavy atom. The number of benzene rings is 1. The van der Waals surface area contributed by atoms with Crippen LogP contribution in [0, 0.1) is 11.7 Å². The molecular weight excluding hydrogens is 267 g/mol. The lowest BCUT2D eigenvalue weighted by Crippen LogP contribution is -2.03. The van der Waals surface area contributed by atoms with Crippen molar-refractivity contribution >= 4 is 5.82 Å². The summed E-state index contributed by atoms with van der Waals surface area (Å²) in [7, 11) is 0. The minimum atomic E-state index is -0.270. The van der Waals surface area contributed by atoms with Crippen molar-refractivity contribution in [2.45, 2.75) is 44.9 Å². The molecule has 0 spiro atoms. The standard InChI is InChI=1S/C17H21FN2O/c18-14-9-5-8-13(11-14)16-15(21-20-17(16)19)10-12-6-3-1-2-4-7-12/h5,8-9,11-12H,1-4,6-7,10H2,(H2,19,20). The van der Waals surface area contributed by atoms with Crippen molar-refractivity contribution in [3.8, 4) is 11.1 Å². The summed E-state index contributed by atoms with van der Waals surface area (Å²) in [5, 5.41) is 3.89. The van der Waals surface area contributed by atoms with E-state index in [1.54, 1.807) is 6.07 Å². The van der Waals surface area contributed by atoms with Gasteiger partial charge in [-0.05, 0) is 23.6 Å². The average molecular weight is 288 g/mol. The lowest BCUT2D eigenvalue weighted by Gasteiger charge is -2.12. The van der Waals surface area contributed by atoms with E-state index in [2.05, 4.69) is 5.16 Å². The summed E-state index contributed by atoms with van der Waals surface area (Å²) in [6, 6.07) is 6.45. The van der Waals surface area contributed by atoms with Gasteiger partial charge in [0.25, 0.3) is 0 Å². The minimum absolute atomic E-state index is 0.270. The number of rotatable bonds is 3. The first-order chi connectivity index (χ1) is 10.2. The number of nitrogens with zero attached hydrogens (tertiary/aromatic N) is 1. The van der Waals surface area contributed by atoms with E-state index < -0.39 is 0 Å². The zero-order valence-corrected chi connectivity index (χ0v) is 12.1. The van der Waals surface area contributed by atoms with Crippen molar-refractivity contribution in [3.63, 3.8) is 0 Å². The van der Waals surface area contributed by atoms with Crippen LogP contribution in [0.1, 0.15) is 44.3 Å². The predicted molar refractivity (Wildman–Crippen MR) is 81.2 cm³/mol. The monoisotopic (exact) mass is 288 g/mol. The molecule has 112 valence electrons. The molecule has 2 N–H and O–H groups in total. The van der Waals surface area contributed by atoms with Gasteiger partial charge >= 0.3 is 0 Å². The van der Waals surface area contributed by atoms with Gasteiger partial charge in [-0.15, -0.1) is 0 Å². The summed E-state index contributed by atoms with van der Waals surface area (Å²) >= 11 is 0. The van der Waals surface area contributed by atoms with Gasteiger partial charge in [0, 0.05) is 6.42 Å². The van der Waals surface area contributed by atoms with Crippen molar-refractivity contribution in [2.75, 3.05) is 5.73 Å². The molecule has 0 aliphatic heterocycles. The quantitative estimate of drug-likeness (QED) is 0.841. The highest BCUT2D eigenvalue weighted by molar-refractivity contribution is 5.75. The maximum atomic E-state index is 13.4. The summed E-state index contributed by atoms with van der Waals surface area (Å²) in [6.07, 6.45) is 8.51. The second-order valence-corrected chi connectivity index (χ2v) is 5.94. The van der Waals surface area contributed by atoms with Crippen molar-refractivity contribution in [3.05, 3.63) is 35.8 Å². The molecule has 1 aliphatic rings. The predicted octanol–water partition coefficient (Wildman–Crippen LogP) is 4.58. The molecule has 0 atom stereocenters. The summed E-state index contributed by atoms with van der Waals surface area (Å²) in [5.74, 6) is 1.50. The van der Waals surface area contributed by atoms with Crippen LogP contribution in [0.15, 0.2) is 28.8 Å². The van der Waals surface area contributed by atoms with E-state index in [4.69, 9.17) is 10.3 Å². The van der Waals surface area contributed by atoms with E-state index in [9.17, 15) is 4.39 Å². The van der Waals surface area contributed by atoms with Crippen LogP contribution in [0.3, 0.4) is 0 Å². The maximum Gasteiger partial charge on any atom is 0.175 e. The van der Waals surface area contributed by atoms with Gasteiger partial charge in [0.15, 0.2) is 5.82 Å². The van der Waals surface area contributed by atoms with Crippen LogP contribution in [-0.4, -0.2) is 5.16 Å². The zero-order chi connectivity index (χ0) is 14.7. The number of halogens is 1. The lowest BCUT2D eigenvalue weighted by atomic mass is 9.92. The molecular formula is C17H21FN2O. The second kappa shape index (κ2) is 6.29. The van der Waals surface area contributed by atoms with Crippen molar-refractivity contribution in [1.82, 2.24) is 5.16 Å². The fourth-order valence-corrected chi connectivity index (χ4v) is 3.26. The summed E-state index contributed by atoms with van der Waals surface area (Å²) < 4.78 is 18.9. The molecule has 3 nitrogen and oxygen atoms in total. The van der Waals surface area contributed by atoms with Crippen LogP contribution < -0.4 is 5.73 Å². The molecule has 0 amide bonds. The lowest BCUT2D eigenvalue weighted by molar-refractivity contribution is 0.347. The van der Waals surface area contributed by atoms with Crippen LogP contribution in [0.5, 0.6) is 0 Å². The largest absolute Gasteiger partial charge is 0.380 e. The van der Waals surface area contributed by atoms with Gasteiger partial charge in [-0.1, -0.05) is 55.8 Å². The normalized spacial score (nSPS) is 16.8. The third-order valence-electron chi connectivity index (χ3n) is 4.35. The number of nitrogen functional groups attached to an aromatic ring is 1. The van der Waals surface area contributed by atoms with Gasteiger partial charge in [0.05, 0.1) is 5.56 Å². The summed E-state index contributed by atoms with van der Waals surface area (Å²) in [4.78, 5) is 0. The Morgan fingerprint density at radius 2 is 1.95 bits per heavy atom. The van der Waals surface area contributed by atoms with E-state index in [1.165, 1.54) is 50.7 Å². The Balaban J connectivity index is 1.86. The molecule has 21 heavy (non-hydrogen) atoms. The molecule has 1 saturated carbocycles. The highest BCUT2D eigenvalue weighted by atomic mass is 19.1. The Labute approximate surface area is 124 Å². The van der Waals surface area contributed by atoms with E-state index in [0.29, 0.717) is 11.7 Å². The highest BCUT2D eigenvalue weighted by Crippen LogP contribution is 2.34. The van der Waals surface area contributed by atoms with Crippen LogP contribution in [-0.2, 0) is 6.42 Å². The molecule has 1 heterocycles. The van der Waals surface area contributed by atoms with Gasteiger partial charge in [0.2, 0.25) is 0 Å². The molecule has 0 unspecified atom stereocenters. The maximum absolute atomic E-state index is 13.4. The number of hydrogen-bond acceptors (Lipinski definition) is 3. The molecule has 1 fully saturated rings. The first kappa shape index (κ1) is 14.1. The fraction of sp³-hybridized carbons (Fsp3) is 0.471. The van der Waals surface area contributed by atoms with Crippen LogP contribution in [0.2, 0.25) is 0 Å². The third-order valence-corrected chi connectivity index (χ3v) is 4.35. The molecule has 1 aromatic heterocycles. The fourth-order valence-electron chi connectivity index (χ4n) is 3.26. The average Bonchev–Trinajstić information content (AvgIpc) is 2.67. The highest BCUT2D eigenvalue weighted by Gasteiger charge is 2.21. The van der Waals surface area contributed by atoms with Gasteiger partial charge in [-0.3, -0.25) is 0 Å². The molecule has 1 aliphatic carbocycles. The number of anilines is 1. The topological polar surface area (TPSA) is 52.0 Å². The van der Waals surface area contributed by atoms with Crippen molar-refractivity contribution < 1.29 is 8.91 Å². The summed E-state index contributed by atoms with van der Waals surface area (Å²) in [6.45, 7) is 0. The Morgan fingerprint density at radius 3 is 2.67 bits per heavy atom. The minimum Gasteiger partial charge on any atom is -0.380 e. The molecule has 3 rings (SSSR count). The molecule has 1 aromatic carbocycles. The number of aromatic nitrogens is 1.